The van der Waals surface area contributed by atoms with Crippen molar-refractivity contribution in [1.29, 1.82) is 0 Å². The van der Waals surface area contributed by atoms with Gasteiger partial charge >= 0.3 is 0 Å². The third-order valence-electron chi connectivity index (χ3n) is 2.37. The minimum absolute atomic E-state index is 0.449. The Bertz CT molecular complexity index is 315. The molecule has 0 aliphatic carbocycles. The van der Waals surface area contributed by atoms with E-state index in [1.54, 1.807) is 12.1 Å². The van der Waals surface area contributed by atoms with Crippen molar-refractivity contribution in [1.82, 2.24) is 9.99 Å². The normalized spacial score (nSPS) is 11.4. The highest BCUT2D eigenvalue weighted by molar-refractivity contribution is 5.13. The first-order valence-corrected chi connectivity index (χ1v) is 5.58. The van der Waals surface area contributed by atoms with Gasteiger partial charge in [0, 0.05) is 19.3 Å². The summed E-state index contributed by atoms with van der Waals surface area (Å²) in [5.41, 5.74) is 2.11. The summed E-state index contributed by atoms with van der Waals surface area (Å²) in [5.74, 6) is 6.28. The Labute approximate surface area is 97.4 Å². The van der Waals surface area contributed by atoms with E-state index in [1.165, 1.54) is 0 Å². The van der Waals surface area contributed by atoms with Crippen molar-refractivity contribution < 1.29 is 4.74 Å². The van der Waals surface area contributed by atoms with Crippen LogP contribution in [0.15, 0.2) is 18.2 Å². The highest BCUT2D eigenvalue weighted by atomic mass is 16.5. The van der Waals surface area contributed by atoms with E-state index >= 15 is 0 Å². The molecule has 2 N–H and O–H groups in total. The maximum absolute atomic E-state index is 5.83. The predicted molar refractivity (Wildman–Crippen MR) is 64.8 cm³/mol. The van der Waals surface area contributed by atoms with Gasteiger partial charge in [0.1, 0.15) is 0 Å². The number of hydrogen-bond acceptors (Lipinski definition) is 4. The van der Waals surface area contributed by atoms with Gasteiger partial charge in [0.05, 0.1) is 18.8 Å². The highest BCUT2D eigenvalue weighted by Crippen LogP contribution is 2.11. The fourth-order valence-corrected chi connectivity index (χ4v) is 1.40. The Morgan fingerprint density at radius 1 is 1.44 bits per heavy atom. The van der Waals surface area contributed by atoms with Gasteiger partial charge in [-0.25, -0.2) is 5.01 Å². The summed E-state index contributed by atoms with van der Waals surface area (Å²) < 4.78 is 4.97. The Morgan fingerprint density at radius 3 is 2.81 bits per heavy atom. The van der Waals surface area contributed by atoms with Crippen molar-refractivity contribution in [3.05, 3.63) is 29.6 Å². The number of ether oxygens (including phenoxy) is 1. The monoisotopic (exact) mass is 223 g/mol. The van der Waals surface area contributed by atoms with E-state index in [1.807, 2.05) is 18.2 Å². The van der Waals surface area contributed by atoms with Gasteiger partial charge in [-0.1, -0.05) is 19.9 Å². The molecule has 0 amide bonds. The third-order valence-corrected chi connectivity index (χ3v) is 2.37. The van der Waals surface area contributed by atoms with Crippen LogP contribution in [-0.2, 0) is 11.3 Å². The molecule has 0 fully saturated rings. The predicted octanol–water partition coefficient (Wildman–Crippen LogP) is 1.53. The first-order chi connectivity index (χ1) is 7.63. The topological polar surface area (TPSA) is 51.4 Å². The molecule has 1 heterocycles. The molecule has 4 heteroatoms. The number of nitrogens with two attached hydrogens (primary N) is 1. The van der Waals surface area contributed by atoms with Crippen LogP contribution >= 0.6 is 0 Å². The summed E-state index contributed by atoms with van der Waals surface area (Å²) in [5, 5.41) is 1.72. The summed E-state index contributed by atoms with van der Waals surface area (Å²) in [4.78, 5) is 4.56. The molecule has 0 unspecified atom stereocenters. The average Bonchev–Trinajstić information content (AvgIpc) is 2.26. The summed E-state index contributed by atoms with van der Waals surface area (Å²) >= 11 is 0. The standard InChI is InChI=1S/C12H21N3O/c1-10(2)12-6-4-5-11(14-12)9-15(13)7-8-16-3/h4-6,10H,7-9,13H2,1-3H3. The largest absolute Gasteiger partial charge is 0.383 e. The summed E-state index contributed by atoms with van der Waals surface area (Å²) in [6.07, 6.45) is 0. The van der Waals surface area contributed by atoms with Gasteiger partial charge < -0.3 is 4.74 Å². The van der Waals surface area contributed by atoms with Crippen molar-refractivity contribution >= 4 is 0 Å². The number of hydrazine groups is 1. The number of methoxy groups -OCH3 is 1. The number of nitrogens with zero attached hydrogens (tertiary/aromatic N) is 2. The maximum atomic E-state index is 5.83. The van der Waals surface area contributed by atoms with Gasteiger partial charge in [0.15, 0.2) is 0 Å². The van der Waals surface area contributed by atoms with Crippen LogP contribution in [0.5, 0.6) is 0 Å². The minimum Gasteiger partial charge on any atom is -0.383 e. The summed E-state index contributed by atoms with van der Waals surface area (Å²) in [6.45, 7) is 6.28. The number of rotatable bonds is 6. The molecule has 0 saturated carbocycles. The zero-order valence-electron chi connectivity index (χ0n) is 10.3. The molecule has 0 spiro atoms. The van der Waals surface area contributed by atoms with Gasteiger partial charge in [0.25, 0.3) is 0 Å². The second-order valence-electron chi connectivity index (χ2n) is 4.17. The van der Waals surface area contributed by atoms with Crippen molar-refractivity contribution in [2.75, 3.05) is 20.3 Å². The lowest BCUT2D eigenvalue weighted by atomic mass is 10.1. The molecule has 1 aromatic heterocycles. The molecule has 1 rings (SSSR count). The number of hydrogen-bond donors (Lipinski definition) is 1. The minimum atomic E-state index is 0.449. The molecule has 16 heavy (non-hydrogen) atoms. The molecule has 90 valence electrons. The van der Waals surface area contributed by atoms with E-state index in [4.69, 9.17) is 10.6 Å². The lowest BCUT2D eigenvalue weighted by molar-refractivity contribution is 0.144. The molecule has 0 saturated heterocycles. The van der Waals surface area contributed by atoms with Crippen molar-refractivity contribution in [3.63, 3.8) is 0 Å². The second-order valence-corrected chi connectivity index (χ2v) is 4.17. The molecule has 0 bridgehead atoms. The molecular formula is C12H21N3O. The number of aromatic nitrogens is 1. The lowest BCUT2D eigenvalue weighted by Gasteiger charge is -2.16. The van der Waals surface area contributed by atoms with Crippen LogP contribution < -0.4 is 5.84 Å². The molecule has 0 aliphatic rings. The SMILES string of the molecule is COCCN(N)Cc1cccc(C(C)C)n1. The van der Waals surface area contributed by atoms with E-state index in [2.05, 4.69) is 18.8 Å². The number of pyridine rings is 1. The van der Waals surface area contributed by atoms with Gasteiger partial charge in [0.2, 0.25) is 0 Å². The van der Waals surface area contributed by atoms with Crippen LogP contribution in [0.25, 0.3) is 0 Å². The van der Waals surface area contributed by atoms with Crippen LogP contribution in [0, 0.1) is 0 Å². The van der Waals surface area contributed by atoms with E-state index in [-0.39, 0.29) is 0 Å². The van der Waals surface area contributed by atoms with Gasteiger partial charge in [-0.15, -0.1) is 0 Å². The van der Waals surface area contributed by atoms with E-state index in [0.717, 1.165) is 11.4 Å². The molecule has 0 aromatic carbocycles. The van der Waals surface area contributed by atoms with Crippen molar-refractivity contribution in [2.45, 2.75) is 26.3 Å². The summed E-state index contributed by atoms with van der Waals surface area (Å²) in [7, 11) is 1.67. The maximum Gasteiger partial charge on any atom is 0.0603 e. The molecule has 0 aliphatic heterocycles. The third kappa shape index (κ3) is 4.26. The highest BCUT2D eigenvalue weighted by Gasteiger charge is 2.04. The zero-order valence-corrected chi connectivity index (χ0v) is 10.3. The smallest absolute Gasteiger partial charge is 0.0603 e. The Hall–Kier alpha value is -0.970. The van der Waals surface area contributed by atoms with E-state index in [0.29, 0.717) is 25.6 Å². The zero-order chi connectivity index (χ0) is 12.0. The quantitative estimate of drug-likeness (QED) is 0.587. The molecular weight excluding hydrogens is 202 g/mol. The second kappa shape index (κ2) is 6.58. The van der Waals surface area contributed by atoms with Gasteiger partial charge in [-0.3, -0.25) is 10.8 Å². The Morgan fingerprint density at radius 2 is 2.19 bits per heavy atom. The fraction of sp³-hybridized carbons (Fsp3) is 0.583. The molecule has 4 nitrogen and oxygen atoms in total. The summed E-state index contributed by atoms with van der Waals surface area (Å²) in [6, 6.07) is 6.07. The van der Waals surface area contributed by atoms with Crippen LogP contribution in [0.3, 0.4) is 0 Å². The van der Waals surface area contributed by atoms with Crippen molar-refractivity contribution in [3.8, 4) is 0 Å². The Balaban J connectivity index is 2.56. The van der Waals surface area contributed by atoms with Crippen molar-refractivity contribution in [2.24, 2.45) is 5.84 Å². The van der Waals surface area contributed by atoms with Gasteiger partial charge in [-0.2, -0.15) is 0 Å². The van der Waals surface area contributed by atoms with E-state index in [9.17, 15) is 0 Å². The first kappa shape index (κ1) is 13.1. The van der Waals surface area contributed by atoms with E-state index < -0.39 is 0 Å². The lowest BCUT2D eigenvalue weighted by Crippen LogP contribution is -2.33. The first-order valence-electron chi connectivity index (χ1n) is 5.58. The Kier molecular flexibility index (Phi) is 5.38. The average molecular weight is 223 g/mol. The molecule has 0 atom stereocenters. The van der Waals surface area contributed by atoms with Gasteiger partial charge in [-0.05, 0) is 18.1 Å². The molecule has 0 radical (unpaired) electrons. The van der Waals surface area contributed by atoms with Crippen LogP contribution in [0.1, 0.15) is 31.2 Å². The van der Waals surface area contributed by atoms with Crippen LogP contribution in [0.4, 0.5) is 0 Å². The molecule has 1 aromatic rings. The fourth-order valence-electron chi connectivity index (χ4n) is 1.40. The van der Waals surface area contributed by atoms with Crippen LogP contribution in [0.2, 0.25) is 0 Å². The van der Waals surface area contributed by atoms with Crippen LogP contribution in [-0.4, -0.2) is 30.3 Å².